The molecule has 2 N–H and O–H groups in total. The van der Waals surface area contributed by atoms with Gasteiger partial charge in [-0.3, -0.25) is 0 Å². The summed E-state index contributed by atoms with van der Waals surface area (Å²) in [7, 11) is 0. The lowest BCUT2D eigenvalue weighted by Crippen LogP contribution is -2.20. The van der Waals surface area contributed by atoms with E-state index in [0.29, 0.717) is 5.69 Å². The third-order valence-corrected chi connectivity index (χ3v) is 2.48. The molecule has 0 spiro atoms. The van der Waals surface area contributed by atoms with Crippen LogP contribution in [-0.2, 0) is 0 Å². The van der Waals surface area contributed by atoms with Crippen LogP contribution in [0.1, 0.15) is 12.8 Å². The molecule has 0 aliphatic carbocycles. The number of hydrogen-bond acceptors (Lipinski definition) is 2. The van der Waals surface area contributed by atoms with Crippen LogP contribution in [0.25, 0.3) is 0 Å². The number of nitrogens with zero attached hydrogens (tertiary/aromatic N) is 1. The minimum absolute atomic E-state index is 0.185. The first-order valence-corrected chi connectivity index (χ1v) is 4.68. The maximum atomic E-state index is 13.4. The monoisotopic (exact) mass is 198 g/mol. The lowest BCUT2D eigenvalue weighted by molar-refractivity contribution is 0.582. The summed E-state index contributed by atoms with van der Waals surface area (Å²) in [5, 5.41) is 0. The summed E-state index contributed by atoms with van der Waals surface area (Å²) in [5.41, 5.74) is 6.12. The molecule has 1 aromatic carbocycles. The number of anilines is 2. The fraction of sp³-hybridized carbons (Fsp3) is 0.400. The van der Waals surface area contributed by atoms with Crippen LogP contribution >= 0.6 is 0 Å². The van der Waals surface area contributed by atoms with E-state index in [4.69, 9.17) is 5.73 Å². The lowest BCUT2D eigenvalue weighted by Gasteiger charge is -2.20. The standard InChI is InChI=1S/C10H12F2N2/c11-7-5-8(12)10(9(13)6-7)14-3-1-2-4-14/h5-6H,1-4,13H2. The van der Waals surface area contributed by atoms with E-state index in [2.05, 4.69) is 0 Å². The van der Waals surface area contributed by atoms with Gasteiger partial charge in [-0.15, -0.1) is 0 Å². The predicted molar refractivity (Wildman–Crippen MR) is 52.2 cm³/mol. The van der Waals surface area contributed by atoms with Crippen LogP contribution in [0, 0.1) is 11.6 Å². The smallest absolute Gasteiger partial charge is 0.151 e. The summed E-state index contributed by atoms with van der Waals surface area (Å²) in [5.74, 6) is -1.19. The Kier molecular flexibility index (Phi) is 2.27. The molecule has 1 heterocycles. The van der Waals surface area contributed by atoms with Crippen molar-refractivity contribution in [2.45, 2.75) is 12.8 Å². The highest BCUT2D eigenvalue weighted by Gasteiger charge is 2.19. The molecule has 76 valence electrons. The van der Waals surface area contributed by atoms with E-state index >= 15 is 0 Å². The molecule has 2 rings (SSSR count). The molecular weight excluding hydrogens is 186 g/mol. The topological polar surface area (TPSA) is 29.3 Å². The fourth-order valence-corrected chi connectivity index (χ4v) is 1.86. The minimum atomic E-state index is -0.622. The van der Waals surface area contributed by atoms with Gasteiger partial charge in [0.2, 0.25) is 0 Å². The first-order valence-electron chi connectivity index (χ1n) is 4.68. The van der Waals surface area contributed by atoms with Crippen LogP contribution in [-0.4, -0.2) is 13.1 Å². The van der Waals surface area contributed by atoms with E-state index in [1.807, 2.05) is 4.90 Å². The number of nitrogen functional groups attached to an aromatic ring is 1. The highest BCUT2D eigenvalue weighted by molar-refractivity contribution is 5.68. The molecule has 0 radical (unpaired) electrons. The van der Waals surface area contributed by atoms with Crippen molar-refractivity contribution < 1.29 is 8.78 Å². The summed E-state index contributed by atoms with van der Waals surface area (Å²) in [4.78, 5) is 1.87. The van der Waals surface area contributed by atoms with Crippen LogP contribution in [0.4, 0.5) is 20.2 Å². The summed E-state index contributed by atoms with van der Waals surface area (Å²) < 4.78 is 26.2. The van der Waals surface area contributed by atoms with Gasteiger partial charge < -0.3 is 10.6 Å². The first kappa shape index (κ1) is 9.24. The second-order valence-electron chi connectivity index (χ2n) is 3.52. The van der Waals surface area contributed by atoms with Gasteiger partial charge in [0, 0.05) is 19.2 Å². The normalized spacial score (nSPS) is 16.3. The first-order chi connectivity index (χ1) is 6.68. The Morgan fingerprint density at radius 1 is 1.14 bits per heavy atom. The van der Waals surface area contributed by atoms with Gasteiger partial charge in [0.15, 0.2) is 5.82 Å². The average molecular weight is 198 g/mol. The number of nitrogens with two attached hydrogens (primary N) is 1. The molecule has 0 amide bonds. The van der Waals surface area contributed by atoms with Gasteiger partial charge in [0.25, 0.3) is 0 Å². The third-order valence-electron chi connectivity index (χ3n) is 2.48. The average Bonchev–Trinajstić information content (AvgIpc) is 2.54. The molecule has 14 heavy (non-hydrogen) atoms. The Labute approximate surface area is 81.3 Å². The number of halogens is 2. The summed E-state index contributed by atoms with van der Waals surface area (Å²) >= 11 is 0. The zero-order valence-electron chi connectivity index (χ0n) is 7.76. The molecule has 1 aromatic rings. The van der Waals surface area contributed by atoms with Crippen molar-refractivity contribution in [3.8, 4) is 0 Å². The summed E-state index contributed by atoms with van der Waals surface area (Å²) in [6.07, 6.45) is 2.08. The van der Waals surface area contributed by atoms with E-state index < -0.39 is 11.6 Å². The zero-order chi connectivity index (χ0) is 10.1. The van der Waals surface area contributed by atoms with E-state index in [1.54, 1.807) is 0 Å². The van der Waals surface area contributed by atoms with Gasteiger partial charge in [-0.1, -0.05) is 0 Å². The van der Waals surface area contributed by atoms with Crippen molar-refractivity contribution in [3.63, 3.8) is 0 Å². The molecule has 4 heteroatoms. The highest BCUT2D eigenvalue weighted by atomic mass is 19.1. The van der Waals surface area contributed by atoms with Crippen LogP contribution in [0.2, 0.25) is 0 Å². The SMILES string of the molecule is Nc1cc(F)cc(F)c1N1CCCC1. The van der Waals surface area contributed by atoms with E-state index in [1.165, 1.54) is 0 Å². The van der Waals surface area contributed by atoms with E-state index in [-0.39, 0.29) is 5.69 Å². The van der Waals surface area contributed by atoms with Gasteiger partial charge >= 0.3 is 0 Å². The lowest BCUT2D eigenvalue weighted by atomic mass is 10.2. The quantitative estimate of drug-likeness (QED) is 0.700. The second-order valence-corrected chi connectivity index (χ2v) is 3.52. The number of hydrogen-bond donors (Lipinski definition) is 1. The molecule has 1 aliphatic rings. The van der Waals surface area contributed by atoms with Crippen molar-refractivity contribution in [2.24, 2.45) is 0 Å². The molecule has 1 saturated heterocycles. The molecule has 0 saturated carbocycles. The van der Waals surface area contributed by atoms with Crippen LogP contribution in [0.3, 0.4) is 0 Å². The van der Waals surface area contributed by atoms with Gasteiger partial charge in [-0.05, 0) is 18.9 Å². The number of benzene rings is 1. The minimum Gasteiger partial charge on any atom is -0.397 e. The van der Waals surface area contributed by atoms with E-state index in [0.717, 1.165) is 38.1 Å². The Morgan fingerprint density at radius 3 is 2.36 bits per heavy atom. The largest absolute Gasteiger partial charge is 0.397 e. The Hall–Kier alpha value is -1.32. The van der Waals surface area contributed by atoms with Crippen molar-refractivity contribution in [1.82, 2.24) is 0 Å². The van der Waals surface area contributed by atoms with Crippen molar-refractivity contribution in [3.05, 3.63) is 23.8 Å². The van der Waals surface area contributed by atoms with Gasteiger partial charge in [0.1, 0.15) is 5.82 Å². The third kappa shape index (κ3) is 1.52. The zero-order valence-corrected chi connectivity index (χ0v) is 7.76. The highest BCUT2D eigenvalue weighted by Crippen LogP contribution is 2.30. The van der Waals surface area contributed by atoms with Crippen molar-refractivity contribution >= 4 is 11.4 Å². The Balaban J connectivity index is 2.40. The summed E-state index contributed by atoms with van der Waals surface area (Å²) in [6.45, 7) is 1.60. The second kappa shape index (κ2) is 3.44. The molecule has 2 nitrogen and oxygen atoms in total. The van der Waals surface area contributed by atoms with Gasteiger partial charge in [-0.2, -0.15) is 0 Å². The molecule has 0 aromatic heterocycles. The van der Waals surface area contributed by atoms with Gasteiger partial charge in [-0.25, -0.2) is 8.78 Å². The fourth-order valence-electron chi connectivity index (χ4n) is 1.86. The van der Waals surface area contributed by atoms with Crippen molar-refractivity contribution in [2.75, 3.05) is 23.7 Å². The summed E-state index contributed by atoms with van der Waals surface area (Å²) in [6, 6.07) is 2.04. The van der Waals surface area contributed by atoms with E-state index in [9.17, 15) is 8.78 Å². The molecule has 1 aliphatic heterocycles. The van der Waals surface area contributed by atoms with Crippen LogP contribution < -0.4 is 10.6 Å². The molecule has 0 atom stereocenters. The van der Waals surface area contributed by atoms with Gasteiger partial charge in [0.05, 0.1) is 11.4 Å². The molecular formula is C10H12F2N2. The van der Waals surface area contributed by atoms with Crippen LogP contribution in [0.5, 0.6) is 0 Å². The molecule has 0 unspecified atom stereocenters. The van der Waals surface area contributed by atoms with Crippen LogP contribution in [0.15, 0.2) is 12.1 Å². The molecule has 0 bridgehead atoms. The maximum Gasteiger partial charge on any atom is 0.151 e. The predicted octanol–water partition coefficient (Wildman–Crippen LogP) is 2.15. The Morgan fingerprint density at radius 2 is 1.79 bits per heavy atom. The van der Waals surface area contributed by atoms with Crippen molar-refractivity contribution in [1.29, 1.82) is 0 Å². The maximum absolute atomic E-state index is 13.4. The Bertz CT molecular complexity index is 323. The number of rotatable bonds is 1. The molecule has 1 fully saturated rings.